The summed E-state index contributed by atoms with van der Waals surface area (Å²) in [4.78, 5) is 0. The first-order valence-electron chi connectivity index (χ1n) is 5.20. The topological polar surface area (TPSA) is 9.23 Å². The molecule has 1 nitrogen and oxygen atoms in total. The van der Waals surface area contributed by atoms with Crippen molar-refractivity contribution in [1.29, 1.82) is 0 Å². The van der Waals surface area contributed by atoms with Crippen LogP contribution >= 0.6 is 0 Å². The van der Waals surface area contributed by atoms with E-state index in [0.29, 0.717) is 15.3 Å². The van der Waals surface area contributed by atoms with E-state index in [-0.39, 0.29) is 0 Å². The molecular formula is C12H18OSi. The quantitative estimate of drug-likeness (QED) is 0.513. The van der Waals surface area contributed by atoms with Crippen molar-refractivity contribution in [3.05, 3.63) is 35.9 Å². The predicted octanol–water partition coefficient (Wildman–Crippen LogP) is 3.08. The van der Waals surface area contributed by atoms with Gasteiger partial charge >= 0.3 is 0 Å². The largest absolute Gasteiger partial charge is 0.417 e. The standard InChI is InChI=1S/C12H18OSi/c1-11(2)14-13-10-6-9-12-7-4-3-5-8-12/h3-5,7-8,11H,6,9-10H2,1-2H3. The second kappa shape index (κ2) is 6.79. The fraction of sp³-hybridized carbons (Fsp3) is 0.500. The lowest BCUT2D eigenvalue weighted by Crippen LogP contribution is -2.04. The van der Waals surface area contributed by atoms with Crippen molar-refractivity contribution in [3.63, 3.8) is 0 Å². The molecule has 1 aromatic rings. The van der Waals surface area contributed by atoms with Gasteiger partial charge in [-0.05, 0) is 23.9 Å². The zero-order valence-electron chi connectivity index (χ0n) is 8.99. The summed E-state index contributed by atoms with van der Waals surface area (Å²) < 4.78 is 5.54. The molecule has 0 saturated heterocycles. The van der Waals surface area contributed by atoms with Crippen LogP contribution in [-0.2, 0) is 10.8 Å². The second-order valence-corrected chi connectivity index (χ2v) is 5.39. The Morgan fingerprint density at radius 2 is 1.93 bits per heavy atom. The van der Waals surface area contributed by atoms with E-state index in [1.807, 2.05) is 0 Å². The van der Waals surface area contributed by atoms with E-state index < -0.39 is 0 Å². The fourth-order valence-corrected chi connectivity index (χ4v) is 1.81. The zero-order valence-corrected chi connectivity index (χ0v) is 9.99. The molecule has 0 atom stereocenters. The van der Waals surface area contributed by atoms with Crippen LogP contribution in [0.1, 0.15) is 25.8 Å². The zero-order chi connectivity index (χ0) is 10.2. The molecule has 1 aromatic carbocycles. The summed E-state index contributed by atoms with van der Waals surface area (Å²) in [6, 6.07) is 10.6. The molecule has 0 saturated carbocycles. The minimum absolute atomic E-state index is 0.656. The van der Waals surface area contributed by atoms with Crippen molar-refractivity contribution < 1.29 is 4.43 Å². The number of rotatable bonds is 6. The number of benzene rings is 1. The SMILES string of the molecule is CC(C)[Si]OCCCc1ccccc1. The fourth-order valence-electron chi connectivity index (χ4n) is 1.22. The molecule has 0 aliphatic rings. The molecule has 0 bridgehead atoms. The lowest BCUT2D eigenvalue weighted by atomic mass is 10.1. The maximum atomic E-state index is 5.54. The Kier molecular flexibility index (Phi) is 5.57. The molecule has 1 rings (SSSR count). The van der Waals surface area contributed by atoms with Crippen molar-refractivity contribution in [2.75, 3.05) is 6.61 Å². The van der Waals surface area contributed by atoms with Crippen molar-refractivity contribution in [1.82, 2.24) is 0 Å². The van der Waals surface area contributed by atoms with Gasteiger partial charge in [-0.15, -0.1) is 0 Å². The minimum Gasteiger partial charge on any atom is -0.417 e. The molecule has 0 spiro atoms. The van der Waals surface area contributed by atoms with Crippen LogP contribution in [0.5, 0.6) is 0 Å². The van der Waals surface area contributed by atoms with E-state index in [9.17, 15) is 0 Å². The van der Waals surface area contributed by atoms with Crippen LogP contribution in [0.3, 0.4) is 0 Å². The predicted molar refractivity (Wildman–Crippen MR) is 61.6 cm³/mol. The Hall–Kier alpha value is -0.603. The van der Waals surface area contributed by atoms with Gasteiger partial charge < -0.3 is 4.43 Å². The van der Waals surface area contributed by atoms with Crippen LogP contribution in [0.4, 0.5) is 0 Å². The second-order valence-electron chi connectivity index (χ2n) is 3.71. The van der Waals surface area contributed by atoms with Gasteiger partial charge in [-0.1, -0.05) is 44.2 Å². The van der Waals surface area contributed by atoms with Gasteiger partial charge in [-0.3, -0.25) is 0 Å². The molecule has 14 heavy (non-hydrogen) atoms. The monoisotopic (exact) mass is 206 g/mol. The van der Waals surface area contributed by atoms with Crippen LogP contribution in [0, 0.1) is 0 Å². The van der Waals surface area contributed by atoms with E-state index in [2.05, 4.69) is 44.2 Å². The summed E-state index contributed by atoms with van der Waals surface area (Å²) in [6.07, 6.45) is 2.26. The highest BCUT2D eigenvalue weighted by Crippen LogP contribution is 2.03. The molecular weight excluding hydrogens is 188 g/mol. The lowest BCUT2D eigenvalue weighted by Gasteiger charge is -2.04. The molecule has 0 fully saturated rings. The Morgan fingerprint density at radius 3 is 2.57 bits per heavy atom. The van der Waals surface area contributed by atoms with E-state index in [1.54, 1.807) is 0 Å². The van der Waals surface area contributed by atoms with Crippen LogP contribution in [0.15, 0.2) is 30.3 Å². The number of hydrogen-bond donors (Lipinski definition) is 0. The summed E-state index contributed by atoms with van der Waals surface area (Å²) in [5, 5.41) is 0. The maximum absolute atomic E-state index is 5.54. The van der Waals surface area contributed by atoms with E-state index in [0.717, 1.165) is 19.4 Å². The molecule has 76 valence electrons. The first-order chi connectivity index (χ1) is 6.79. The van der Waals surface area contributed by atoms with Gasteiger partial charge in [-0.2, -0.15) is 0 Å². The third kappa shape index (κ3) is 5.20. The number of hydrogen-bond acceptors (Lipinski definition) is 1. The molecule has 0 amide bonds. The van der Waals surface area contributed by atoms with E-state index >= 15 is 0 Å². The lowest BCUT2D eigenvalue weighted by molar-refractivity contribution is 0.323. The average molecular weight is 206 g/mol. The van der Waals surface area contributed by atoms with Crippen molar-refractivity contribution in [2.45, 2.75) is 32.2 Å². The van der Waals surface area contributed by atoms with Gasteiger partial charge in [0.2, 0.25) is 9.76 Å². The van der Waals surface area contributed by atoms with E-state index in [1.165, 1.54) is 5.56 Å². The Balaban J connectivity index is 2.05. The Labute approximate surface area is 89.4 Å². The molecule has 2 heteroatoms. The molecule has 0 aliphatic carbocycles. The van der Waals surface area contributed by atoms with Gasteiger partial charge in [0.05, 0.1) is 0 Å². The molecule has 0 aromatic heterocycles. The normalized spacial score (nSPS) is 10.8. The van der Waals surface area contributed by atoms with Crippen LogP contribution in [-0.4, -0.2) is 16.4 Å². The van der Waals surface area contributed by atoms with Crippen molar-refractivity contribution >= 4 is 9.76 Å². The third-order valence-electron chi connectivity index (χ3n) is 1.87. The van der Waals surface area contributed by atoms with Crippen molar-refractivity contribution in [2.24, 2.45) is 0 Å². The van der Waals surface area contributed by atoms with Gasteiger partial charge in [0.15, 0.2) is 0 Å². The minimum atomic E-state index is 0.656. The summed E-state index contributed by atoms with van der Waals surface area (Å²) >= 11 is 0. The van der Waals surface area contributed by atoms with Crippen molar-refractivity contribution in [3.8, 4) is 0 Å². The van der Waals surface area contributed by atoms with Crippen LogP contribution < -0.4 is 0 Å². The Bertz CT molecular complexity index is 233. The van der Waals surface area contributed by atoms with Gasteiger partial charge in [0.25, 0.3) is 0 Å². The van der Waals surface area contributed by atoms with Gasteiger partial charge in [-0.25, -0.2) is 0 Å². The molecule has 0 N–H and O–H groups in total. The van der Waals surface area contributed by atoms with Gasteiger partial charge in [0.1, 0.15) is 0 Å². The summed E-state index contributed by atoms with van der Waals surface area (Å²) in [5.74, 6) is 0. The maximum Gasteiger partial charge on any atom is 0.232 e. The smallest absolute Gasteiger partial charge is 0.232 e. The highest BCUT2D eigenvalue weighted by Gasteiger charge is 1.97. The van der Waals surface area contributed by atoms with Gasteiger partial charge in [0, 0.05) is 6.61 Å². The van der Waals surface area contributed by atoms with Crippen LogP contribution in [0.2, 0.25) is 5.54 Å². The summed E-state index contributed by atoms with van der Waals surface area (Å²) in [5.41, 5.74) is 2.08. The highest BCUT2D eigenvalue weighted by molar-refractivity contribution is 6.29. The molecule has 2 radical (unpaired) electrons. The average Bonchev–Trinajstić information content (AvgIpc) is 2.18. The first kappa shape index (κ1) is 11.5. The first-order valence-corrected chi connectivity index (χ1v) is 6.19. The highest BCUT2D eigenvalue weighted by atomic mass is 28.2. The number of aryl methyl sites for hydroxylation is 1. The molecule has 0 unspecified atom stereocenters. The third-order valence-corrected chi connectivity index (χ3v) is 2.72. The summed E-state index contributed by atoms with van der Waals surface area (Å²) in [6.45, 7) is 5.27. The Morgan fingerprint density at radius 1 is 1.21 bits per heavy atom. The molecule has 0 heterocycles. The summed E-state index contributed by atoms with van der Waals surface area (Å²) in [7, 11) is 0.656. The van der Waals surface area contributed by atoms with Crippen LogP contribution in [0.25, 0.3) is 0 Å². The molecule has 0 aliphatic heterocycles. The van der Waals surface area contributed by atoms with E-state index in [4.69, 9.17) is 4.43 Å².